The van der Waals surface area contributed by atoms with Gasteiger partial charge in [-0.3, -0.25) is 0 Å². The average Bonchev–Trinajstić information content (AvgIpc) is 3.78. The number of ether oxygens (including phenoxy) is 2. The van der Waals surface area contributed by atoms with Crippen molar-refractivity contribution in [3.05, 3.63) is 203 Å². The minimum absolute atomic E-state index is 0.0659. The van der Waals surface area contributed by atoms with Crippen LogP contribution in [0.5, 0.6) is 11.5 Å². The number of hydrogen-bond donors (Lipinski definition) is 0. The van der Waals surface area contributed by atoms with Crippen LogP contribution in [0.1, 0.15) is 107 Å². The van der Waals surface area contributed by atoms with E-state index in [1.807, 2.05) is 0 Å². The summed E-state index contributed by atoms with van der Waals surface area (Å²) in [7, 11) is 3.50. The number of nitrogens with zero attached hydrogens (tertiary/aromatic N) is 2. The van der Waals surface area contributed by atoms with Crippen LogP contribution in [0.2, 0.25) is 0 Å². The molecule has 0 N–H and O–H groups in total. The van der Waals surface area contributed by atoms with E-state index in [9.17, 15) is 0 Å². The Morgan fingerprint density at radius 3 is 1.43 bits per heavy atom. The molecule has 4 heteroatoms. The van der Waals surface area contributed by atoms with Gasteiger partial charge in [-0.15, -0.1) is 0 Å². The summed E-state index contributed by atoms with van der Waals surface area (Å²) in [5, 5.41) is 7.97. The molecular formula is C68H62N2O2. The van der Waals surface area contributed by atoms with Crippen LogP contribution in [0.4, 0.5) is 34.1 Å². The van der Waals surface area contributed by atoms with Gasteiger partial charge in [-0.1, -0.05) is 140 Å². The number of rotatable bonds is 9. The molecule has 0 amide bonds. The molecule has 72 heavy (non-hydrogen) atoms. The molecule has 10 aromatic rings. The minimum Gasteiger partial charge on any atom is -0.497 e. The van der Waals surface area contributed by atoms with E-state index in [2.05, 4.69) is 229 Å². The number of anilines is 6. The third-order valence-electron chi connectivity index (χ3n) is 17.2. The van der Waals surface area contributed by atoms with Crippen molar-refractivity contribution in [3.63, 3.8) is 0 Å². The summed E-state index contributed by atoms with van der Waals surface area (Å²) in [5.74, 6) is 1.93. The first-order valence-electron chi connectivity index (χ1n) is 25.9. The minimum atomic E-state index is -0.242. The van der Waals surface area contributed by atoms with Gasteiger partial charge < -0.3 is 19.3 Å². The molecule has 356 valence electrons. The molecule has 0 aliphatic heterocycles. The number of fused-ring (bicyclic) bond motifs is 6. The predicted octanol–water partition coefficient (Wildman–Crippen LogP) is 18.5. The van der Waals surface area contributed by atoms with Gasteiger partial charge in [0.15, 0.2) is 0 Å². The van der Waals surface area contributed by atoms with Gasteiger partial charge in [-0.25, -0.2) is 0 Å². The standard InChI is InChI=1S/C68H62N2O2/c1-40(2)52-39-60(70(43-27-31-45(72-10)32-28-43)58-24-16-20-50-47-18-12-14-22-55(47)68(7,8)65(50)58)53-38-56-61-41(35-36-66(56,3)4)37-59(51-34-33-48(52)62(53)63(51)61)69(42-25-29-44(71-9)30-26-42)57-23-15-19-49-46-17-11-13-21-54(46)67(5,6)64(49)57/h11-34,37-40H,35-36H2,1-10H3. The Kier molecular flexibility index (Phi) is 9.69. The van der Waals surface area contributed by atoms with Crippen molar-refractivity contribution in [2.24, 2.45) is 0 Å². The summed E-state index contributed by atoms with van der Waals surface area (Å²) in [4.78, 5) is 5.17. The quantitative estimate of drug-likeness (QED) is 0.135. The molecule has 0 spiro atoms. The lowest BCUT2D eigenvalue weighted by Gasteiger charge is -2.38. The zero-order valence-corrected chi connectivity index (χ0v) is 43.3. The van der Waals surface area contributed by atoms with Crippen molar-refractivity contribution >= 4 is 66.4 Å². The van der Waals surface area contributed by atoms with Crippen molar-refractivity contribution < 1.29 is 9.47 Å². The second-order valence-electron chi connectivity index (χ2n) is 22.6. The Morgan fingerprint density at radius 2 is 0.917 bits per heavy atom. The van der Waals surface area contributed by atoms with Crippen LogP contribution in [0.25, 0.3) is 54.6 Å². The van der Waals surface area contributed by atoms with E-state index in [4.69, 9.17) is 9.47 Å². The van der Waals surface area contributed by atoms with Gasteiger partial charge in [0.05, 0.1) is 37.0 Å². The van der Waals surface area contributed by atoms with E-state index in [1.54, 1.807) is 14.2 Å². The van der Waals surface area contributed by atoms with Crippen LogP contribution in [-0.4, -0.2) is 14.2 Å². The summed E-state index contributed by atoms with van der Waals surface area (Å²) in [5.41, 5.74) is 21.3. The van der Waals surface area contributed by atoms with Crippen LogP contribution in [0.15, 0.2) is 164 Å². The van der Waals surface area contributed by atoms with E-state index in [0.717, 1.165) is 35.7 Å². The molecule has 0 fully saturated rings. The maximum absolute atomic E-state index is 5.81. The van der Waals surface area contributed by atoms with Crippen molar-refractivity contribution in [2.45, 2.75) is 90.4 Å². The molecule has 0 saturated heterocycles. The molecule has 4 nitrogen and oxygen atoms in total. The highest BCUT2D eigenvalue weighted by Crippen LogP contribution is 2.60. The first kappa shape index (κ1) is 44.4. The fourth-order valence-electron chi connectivity index (χ4n) is 13.6. The highest BCUT2D eigenvalue weighted by Gasteiger charge is 2.42. The van der Waals surface area contributed by atoms with E-state index in [-0.39, 0.29) is 22.2 Å². The second-order valence-corrected chi connectivity index (χ2v) is 22.6. The monoisotopic (exact) mass is 938 g/mol. The fourth-order valence-corrected chi connectivity index (χ4v) is 13.6. The maximum Gasteiger partial charge on any atom is 0.119 e. The van der Waals surface area contributed by atoms with E-state index < -0.39 is 0 Å². The average molecular weight is 939 g/mol. The molecule has 0 saturated carbocycles. The highest BCUT2D eigenvalue weighted by atomic mass is 16.5. The number of aryl methyl sites for hydroxylation is 1. The highest BCUT2D eigenvalue weighted by molar-refractivity contribution is 6.30. The van der Waals surface area contributed by atoms with E-state index >= 15 is 0 Å². The molecule has 0 unspecified atom stereocenters. The summed E-state index contributed by atoms with van der Waals surface area (Å²) >= 11 is 0. The van der Waals surface area contributed by atoms with Gasteiger partial charge in [0, 0.05) is 38.4 Å². The summed E-state index contributed by atoms with van der Waals surface area (Å²) in [6.07, 6.45) is 2.04. The summed E-state index contributed by atoms with van der Waals surface area (Å²) < 4.78 is 11.6. The third kappa shape index (κ3) is 6.17. The Bertz CT molecular complexity index is 3840. The number of benzene rings is 10. The molecule has 13 rings (SSSR count). The SMILES string of the molecule is COc1ccc(N(c2cccc3c2C(C)(C)c2ccccc2-3)c2cc(C(C)C)c3ccc4c(N(c5ccc(OC)cc5)c5cccc6c5C(C)(C)c5ccccc5-6)cc5c6c(cc2c3c46)C(C)(C)CC5)cc1. The molecule has 0 radical (unpaired) electrons. The largest absolute Gasteiger partial charge is 0.497 e. The van der Waals surface area contributed by atoms with E-state index in [0.29, 0.717) is 0 Å². The van der Waals surface area contributed by atoms with Crippen molar-refractivity contribution in [1.82, 2.24) is 0 Å². The predicted molar refractivity (Wildman–Crippen MR) is 303 cm³/mol. The molecule has 0 heterocycles. The molecular weight excluding hydrogens is 877 g/mol. The Labute approximate surface area is 424 Å². The van der Waals surface area contributed by atoms with Gasteiger partial charge in [0.25, 0.3) is 0 Å². The third-order valence-corrected chi connectivity index (χ3v) is 17.2. The van der Waals surface area contributed by atoms with Gasteiger partial charge in [0.1, 0.15) is 11.5 Å². The fraction of sp³-hybridized carbons (Fsp3) is 0.235. The van der Waals surface area contributed by atoms with Gasteiger partial charge in [-0.2, -0.15) is 0 Å². The van der Waals surface area contributed by atoms with Crippen molar-refractivity contribution in [2.75, 3.05) is 24.0 Å². The first-order valence-corrected chi connectivity index (χ1v) is 25.9. The zero-order valence-electron chi connectivity index (χ0n) is 43.3. The lowest BCUT2D eigenvalue weighted by Crippen LogP contribution is -2.24. The zero-order chi connectivity index (χ0) is 49.6. The second kappa shape index (κ2) is 15.7. The maximum atomic E-state index is 5.81. The van der Waals surface area contributed by atoms with Gasteiger partial charge in [0.2, 0.25) is 0 Å². The molecule has 0 atom stereocenters. The van der Waals surface area contributed by atoms with Crippen LogP contribution in [0.3, 0.4) is 0 Å². The lowest BCUT2D eigenvalue weighted by atomic mass is 9.70. The molecule has 3 aliphatic carbocycles. The van der Waals surface area contributed by atoms with Gasteiger partial charge >= 0.3 is 0 Å². The smallest absolute Gasteiger partial charge is 0.119 e. The summed E-state index contributed by atoms with van der Waals surface area (Å²) in [6, 6.07) is 61.9. The molecule has 10 aromatic carbocycles. The Morgan fingerprint density at radius 1 is 0.431 bits per heavy atom. The van der Waals surface area contributed by atoms with Crippen molar-refractivity contribution in [1.29, 1.82) is 0 Å². The number of hydrogen-bond acceptors (Lipinski definition) is 4. The van der Waals surface area contributed by atoms with E-state index in [1.165, 1.54) is 116 Å². The molecule has 0 aromatic heterocycles. The van der Waals surface area contributed by atoms with Gasteiger partial charge in [-0.05, 0) is 180 Å². The van der Waals surface area contributed by atoms with Crippen LogP contribution < -0.4 is 19.3 Å². The number of methoxy groups -OCH3 is 2. The Hall–Kier alpha value is -7.56. The molecule has 0 bridgehead atoms. The lowest BCUT2D eigenvalue weighted by molar-refractivity contribution is 0.414. The Balaban J connectivity index is 1.16. The topological polar surface area (TPSA) is 24.9 Å². The molecule has 3 aliphatic rings. The van der Waals surface area contributed by atoms with Crippen LogP contribution >= 0.6 is 0 Å². The van der Waals surface area contributed by atoms with Crippen LogP contribution in [0, 0.1) is 0 Å². The first-order chi connectivity index (χ1) is 34.7. The van der Waals surface area contributed by atoms with Crippen molar-refractivity contribution in [3.8, 4) is 33.8 Å². The summed E-state index contributed by atoms with van der Waals surface area (Å²) in [6.45, 7) is 19.3. The van der Waals surface area contributed by atoms with Crippen LogP contribution in [-0.2, 0) is 22.7 Å². The normalized spacial score (nSPS) is 15.4.